The van der Waals surface area contributed by atoms with Crippen molar-refractivity contribution < 1.29 is 14.0 Å². The van der Waals surface area contributed by atoms with Crippen molar-refractivity contribution in [2.24, 2.45) is 0 Å². The van der Waals surface area contributed by atoms with Gasteiger partial charge in [-0.25, -0.2) is 4.39 Å². The van der Waals surface area contributed by atoms with Crippen molar-refractivity contribution >= 4 is 35.0 Å². The van der Waals surface area contributed by atoms with Crippen LogP contribution in [0, 0.1) is 5.82 Å². The molecule has 0 atom stereocenters. The molecule has 0 unspecified atom stereocenters. The number of amides is 2. The van der Waals surface area contributed by atoms with Crippen LogP contribution in [0.1, 0.15) is 6.92 Å². The second-order valence-corrected chi connectivity index (χ2v) is 7.23. The van der Waals surface area contributed by atoms with Gasteiger partial charge >= 0.3 is 0 Å². The fourth-order valence-corrected chi connectivity index (χ4v) is 3.48. The highest BCUT2D eigenvalue weighted by molar-refractivity contribution is 7.99. The number of hydrogen-bond donors (Lipinski definition) is 2. The third-order valence-electron chi connectivity index (χ3n) is 3.94. The lowest BCUT2D eigenvalue weighted by molar-refractivity contribution is -0.114. The van der Waals surface area contributed by atoms with Crippen molar-refractivity contribution in [1.82, 2.24) is 14.8 Å². The average molecular weight is 425 g/mol. The van der Waals surface area contributed by atoms with E-state index in [0.29, 0.717) is 34.5 Å². The van der Waals surface area contributed by atoms with E-state index < -0.39 is 5.82 Å². The highest BCUT2D eigenvalue weighted by atomic mass is 32.2. The Morgan fingerprint density at radius 2 is 1.87 bits per heavy atom. The first kappa shape index (κ1) is 21.3. The molecule has 0 saturated heterocycles. The van der Waals surface area contributed by atoms with Crippen molar-refractivity contribution in [2.75, 3.05) is 16.4 Å². The first-order chi connectivity index (χ1) is 14.5. The topological polar surface area (TPSA) is 88.9 Å². The Bertz CT molecular complexity index is 1080. The molecular formula is C21H20FN5O2S. The lowest BCUT2D eigenvalue weighted by atomic mass is 10.2. The number of rotatable bonds is 8. The SMILES string of the molecule is C=CCn1c(SCC(=O)Nc2cccc(NC(C)=O)c2)nnc1-c1ccccc1F. The van der Waals surface area contributed by atoms with Crippen molar-refractivity contribution in [3.8, 4) is 11.4 Å². The summed E-state index contributed by atoms with van der Waals surface area (Å²) in [6.07, 6.45) is 1.66. The number of carbonyl (C=O) groups is 2. The summed E-state index contributed by atoms with van der Waals surface area (Å²) in [5.41, 5.74) is 1.48. The molecule has 0 saturated carbocycles. The minimum absolute atomic E-state index is 0.0803. The summed E-state index contributed by atoms with van der Waals surface area (Å²) in [4.78, 5) is 23.5. The van der Waals surface area contributed by atoms with Gasteiger partial charge in [0.05, 0.1) is 11.3 Å². The van der Waals surface area contributed by atoms with Crippen LogP contribution in [0.3, 0.4) is 0 Å². The molecule has 2 amide bonds. The number of thioether (sulfide) groups is 1. The zero-order valence-electron chi connectivity index (χ0n) is 16.3. The first-order valence-electron chi connectivity index (χ1n) is 9.07. The second kappa shape index (κ2) is 9.84. The van der Waals surface area contributed by atoms with Gasteiger partial charge < -0.3 is 10.6 Å². The van der Waals surface area contributed by atoms with E-state index in [0.717, 1.165) is 0 Å². The number of nitrogens with zero attached hydrogens (tertiary/aromatic N) is 3. The zero-order chi connectivity index (χ0) is 21.5. The molecule has 0 aliphatic heterocycles. The Morgan fingerprint density at radius 1 is 1.13 bits per heavy atom. The lowest BCUT2D eigenvalue weighted by Crippen LogP contribution is -2.15. The Labute approximate surface area is 177 Å². The van der Waals surface area contributed by atoms with Gasteiger partial charge in [0.15, 0.2) is 11.0 Å². The summed E-state index contributed by atoms with van der Waals surface area (Å²) < 4.78 is 15.9. The predicted molar refractivity (Wildman–Crippen MR) is 116 cm³/mol. The lowest BCUT2D eigenvalue weighted by Gasteiger charge is -2.09. The average Bonchev–Trinajstić information content (AvgIpc) is 3.09. The predicted octanol–water partition coefficient (Wildman–Crippen LogP) is 3.96. The van der Waals surface area contributed by atoms with E-state index in [-0.39, 0.29) is 17.6 Å². The Balaban J connectivity index is 1.70. The molecule has 0 fully saturated rings. The molecule has 0 bridgehead atoms. The van der Waals surface area contributed by atoms with Crippen LogP contribution in [0.25, 0.3) is 11.4 Å². The van der Waals surface area contributed by atoms with Gasteiger partial charge in [0.1, 0.15) is 5.82 Å². The number of anilines is 2. The van der Waals surface area contributed by atoms with Gasteiger partial charge in [-0.05, 0) is 30.3 Å². The Kier molecular flexibility index (Phi) is 6.97. The normalized spacial score (nSPS) is 10.5. The van der Waals surface area contributed by atoms with Crippen molar-refractivity contribution in [1.29, 1.82) is 0 Å². The molecule has 7 nitrogen and oxygen atoms in total. The summed E-state index contributed by atoms with van der Waals surface area (Å²) in [5, 5.41) is 14.1. The maximum Gasteiger partial charge on any atom is 0.234 e. The van der Waals surface area contributed by atoms with E-state index in [1.807, 2.05) is 0 Å². The maximum atomic E-state index is 14.2. The zero-order valence-corrected chi connectivity index (χ0v) is 17.1. The molecule has 3 aromatic rings. The Hall–Kier alpha value is -3.46. The van der Waals surface area contributed by atoms with Crippen LogP contribution in [-0.4, -0.2) is 32.3 Å². The molecule has 9 heteroatoms. The minimum atomic E-state index is -0.399. The van der Waals surface area contributed by atoms with Gasteiger partial charge in [-0.3, -0.25) is 14.2 Å². The summed E-state index contributed by atoms with van der Waals surface area (Å²) in [5.74, 6) is -0.388. The van der Waals surface area contributed by atoms with E-state index in [9.17, 15) is 14.0 Å². The second-order valence-electron chi connectivity index (χ2n) is 6.28. The van der Waals surface area contributed by atoms with Gasteiger partial charge in [0.2, 0.25) is 11.8 Å². The maximum absolute atomic E-state index is 14.2. The van der Waals surface area contributed by atoms with Crippen LogP contribution >= 0.6 is 11.8 Å². The summed E-state index contributed by atoms with van der Waals surface area (Å²) >= 11 is 1.19. The largest absolute Gasteiger partial charge is 0.326 e. The van der Waals surface area contributed by atoms with E-state index >= 15 is 0 Å². The highest BCUT2D eigenvalue weighted by Gasteiger charge is 2.17. The van der Waals surface area contributed by atoms with Gasteiger partial charge in [-0.15, -0.1) is 16.8 Å². The first-order valence-corrected chi connectivity index (χ1v) is 10.1. The van der Waals surface area contributed by atoms with Gasteiger partial charge in [-0.2, -0.15) is 0 Å². The quantitative estimate of drug-likeness (QED) is 0.421. The van der Waals surface area contributed by atoms with Crippen LogP contribution in [-0.2, 0) is 16.1 Å². The molecular weight excluding hydrogens is 405 g/mol. The molecule has 1 heterocycles. The number of halogens is 1. The number of nitrogens with one attached hydrogen (secondary N) is 2. The van der Waals surface area contributed by atoms with Crippen molar-refractivity contribution in [3.05, 3.63) is 67.0 Å². The highest BCUT2D eigenvalue weighted by Crippen LogP contribution is 2.26. The monoisotopic (exact) mass is 425 g/mol. The Morgan fingerprint density at radius 3 is 2.57 bits per heavy atom. The molecule has 0 aliphatic rings. The molecule has 30 heavy (non-hydrogen) atoms. The van der Waals surface area contributed by atoms with Crippen LogP contribution in [0.4, 0.5) is 15.8 Å². The molecule has 3 rings (SSSR count). The van der Waals surface area contributed by atoms with Gasteiger partial charge in [0, 0.05) is 24.8 Å². The van der Waals surface area contributed by atoms with Crippen LogP contribution in [0.2, 0.25) is 0 Å². The fourth-order valence-electron chi connectivity index (χ4n) is 2.74. The summed E-state index contributed by atoms with van der Waals surface area (Å²) in [6.45, 7) is 5.51. The number of allylic oxidation sites excluding steroid dienone is 1. The van der Waals surface area contributed by atoms with E-state index in [2.05, 4.69) is 27.4 Å². The van der Waals surface area contributed by atoms with Gasteiger partial charge in [0.25, 0.3) is 0 Å². The van der Waals surface area contributed by atoms with Crippen molar-refractivity contribution in [3.63, 3.8) is 0 Å². The number of carbonyl (C=O) groups excluding carboxylic acids is 2. The molecule has 0 aliphatic carbocycles. The molecule has 2 aromatic carbocycles. The van der Waals surface area contributed by atoms with Crippen LogP contribution < -0.4 is 10.6 Å². The smallest absolute Gasteiger partial charge is 0.234 e. The number of aromatic nitrogens is 3. The fraction of sp³-hybridized carbons (Fsp3) is 0.143. The van der Waals surface area contributed by atoms with E-state index in [4.69, 9.17) is 0 Å². The summed E-state index contributed by atoms with van der Waals surface area (Å²) in [7, 11) is 0. The minimum Gasteiger partial charge on any atom is -0.326 e. The van der Waals surface area contributed by atoms with Crippen LogP contribution in [0.5, 0.6) is 0 Å². The third-order valence-corrected chi connectivity index (χ3v) is 4.91. The van der Waals surface area contributed by atoms with Crippen LogP contribution in [0.15, 0.2) is 66.3 Å². The molecule has 2 N–H and O–H groups in total. The van der Waals surface area contributed by atoms with E-state index in [1.165, 1.54) is 24.8 Å². The summed E-state index contributed by atoms with van der Waals surface area (Å²) in [6, 6.07) is 13.2. The molecule has 0 spiro atoms. The molecule has 0 radical (unpaired) electrons. The van der Waals surface area contributed by atoms with E-state index in [1.54, 1.807) is 53.1 Å². The molecule has 154 valence electrons. The standard InChI is InChI=1S/C21H20FN5O2S/c1-3-11-27-20(17-9-4-5-10-18(17)22)25-26-21(27)30-13-19(29)24-16-8-6-7-15(12-16)23-14(2)28/h3-10,12H,1,11,13H2,2H3,(H,23,28)(H,24,29). The number of hydrogen-bond acceptors (Lipinski definition) is 5. The van der Waals surface area contributed by atoms with Gasteiger partial charge in [-0.1, -0.05) is 36.0 Å². The number of benzene rings is 2. The third kappa shape index (κ3) is 5.32. The van der Waals surface area contributed by atoms with Crippen molar-refractivity contribution in [2.45, 2.75) is 18.6 Å². The molecule has 1 aromatic heterocycles.